The van der Waals surface area contributed by atoms with E-state index in [0.29, 0.717) is 0 Å². The summed E-state index contributed by atoms with van der Waals surface area (Å²) in [5.41, 5.74) is 2.02. The zero-order chi connectivity index (χ0) is 14.9. The van der Waals surface area contributed by atoms with Gasteiger partial charge in [0.1, 0.15) is 5.82 Å². The molecule has 2 atom stereocenters. The lowest BCUT2D eigenvalue weighted by molar-refractivity contribution is 0.230. The molecule has 1 aliphatic carbocycles. The maximum atomic E-state index is 4.83. The lowest BCUT2D eigenvalue weighted by Gasteiger charge is -2.42. The highest BCUT2D eigenvalue weighted by Crippen LogP contribution is 2.36. The number of rotatable bonds is 2. The molecule has 0 amide bonds. The molecular formula is C18H22N4. The summed E-state index contributed by atoms with van der Waals surface area (Å²) in [5.74, 6) is 3.58. The maximum absolute atomic E-state index is 4.83. The average Bonchev–Trinajstić information content (AvgIpc) is 2.55. The van der Waals surface area contributed by atoms with Crippen molar-refractivity contribution in [1.29, 1.82) is 0 Å². The number of fused-ring (bicyclic) bond motifs is 2. The molecule has 3 heterocycles. The van der Waals surface area contributed by atoms with Gasteiger partial charge < -0.3 is 4.90 Å². The van der Waals surface area contributed by atoms with E-state index < -0.39 is 0 Å². The van der Waals surface area contributed by atoms with Gasteiger partial charge in [0.15, 0.2) is 5.82 Å². The Hall–Kier alpha value is -1.97. The maximum Gasteiger partial charge on any atom is 0.163 e. The molecule has 2 aliphatic rings. The Kier molecular flexibility index (Phi) is 3.53. The van der Waals surface area contributed by atoms with Gasteiger partial charge in [0.2, 0.25) is 0 Å². The molecule has 1 saturated carbocycles. The van der Waals surface area contributed by atoms with Crippen molar-refractivity contribution in [2.75, 3.05) is 18.0 Å². The molecule has 2 unspecified atom stereocenters. The summed E-state index contributed by atoms with van der Waals surface area (Å²) in [6.07, 6.45) is 9.21. The Morgan fingerprint density at radius 2 is 1.95 bits per heavy atom. The third-order valence-electron chi connectivity index (χ3n) is 4.93. The number of piperidine rings is 1. The quantitative estimate of drug-likeness (QED) is 0.850. The molecule has 2 aromatic rings. The lowest BCUT2D eigenvalue weighted by Crippen LogP contribution is -2.43. The number of anilines is 1. The molecule has 1 aliphatic heterocycles. The van der Waals surface area contributed by atoms with Crippen LogP contribution in [-0.4, -0.2) is 28.0 Å². The molecule has 0 N–H and O–H groups in total. The molecule has 0 aromatic carbocycles. The highest BCUT2D eigenvalue weighted by atomic mass is 15.2. The lowest BCUT2D eigenvalue weighted by atomic mass is 9.78. The summed E-state index contributed by atoms with van der Waals surface area (Å²) in [7, 11) is 0. The minimum atomic E-state index is 0.791. The minimum absolute atomic E-state index is 0.791. The topological polar surface area (TPSA) is 41.9 Å². The summed E-state index contributed by atoms with van der Waals surface area (Å²) in [5, 5.41) is 0. The van der Waals surface area contributed by atoms with Gasteiger partial charge >= 0.3 is 0 Å². The molecule has 4 rings (SSSR count). The largest absolute Gasteiger partial charge is 0.356 e. The highest BCUT2D eigenvalue weighted by molar-refractivity contribution is 5.56. The van der Waals surface area contributed by atoms with Crippen LogP contribution in [0.2, 0.25) is 0 Å². The second-order valence-corrected chi connectivity index (χ2v) is 6.74. The van der Waals surface area contributed by atoms with Gasteiger partial charge in [-0.2, -0.15) is 0 Å². The van der Waals surface area contributed by atoms with Crippen molar-refractivity contribution in [3.05, 3.63) is 36.3 Å². The number of hydrogen-bond donors (Lipinski definition) is 0. The average molecular weight is 294 g/mol. The molecule has 114 valence electrons. The smallest absolute Gasteiger partial charge is 0.163 e. The molecule has 4 heteroatoms. The summed E-state index contributed by atoms with van der Waals surface area (Å²) in [6.45, 7) is 4.36. The highest BCUT2D eigenvalue weighted by Gasteiger charge is 2.31. The number of hydrogen-bond acceptors (Lipinski definition) is 4. The van der Waals surface area contributed by atoms with Crippen molar-refractivity contribution >= 4 is 5.82 Å². The van der Waals surface area contributed by atoms with Crippen molar-refractivity contribution in [3.63, 3.8) is 0 Å². The van der Waals surface area contributed by atoms with E-state index in [9.17, 15) is 0 Å². The van der Waals surface area contributed by atoms with Gasteiger partial charge in [-0.3, -0.25) is 4.98 Å². The molecule has 0 radical (unpaired) electrons. The first-order valence-electron chi connectivity index (χ1n) is 8.29. The molecule has 0 spiro atoms. The number of nitrogens with zero attached hydrogens (tertiary/aromatic N) is 4. The fourth-order valence-corrected chi connectivity index (χ4v) is 3.96. The van der Waals surface area contributed by atoms with E-state index >= 15 is 0 Å². The van der Waals surface area contributed by atoms with E-state index in [4.69, 9.17) is 4.98 Å². The Morgan fingerprint density at radius 3 is 2.68 bits per heavy atom. The Balaban J connectivity index is 1.66. The van der Waals surface area contributed by atoms with Gasteiger partial charge in [0, 0.05) is 42.8 Å². The third-order valence-corrected chi connectivity index (χ3v) is 4.93. The Labute approximate surface area is 131 Å². The summed E-state index contributed by atoms with van der Waals surface area (Å²) in [6, 6.07) is 6.09. The van der Waals surface area contributed by atoms with Gasteiger partial charge in [-0.05, 0) is 50.2 Å². The van der Waals surface area contributed by atoms with Crippen molar-refractivity contribution in [3.8, 4) is 11.4 Å². The van der Waals surface area contributed by atoms with Crippen LogP contribution in [0.1, 0.15) is 31.4 Å². The van der Waals surface area contributed by atoms with Crippen LogP contribution in [-0.2, 0) is 0 Å². The molecule has 1 saturated heterocycles. The van der Waals surface area contributed by atoms with Crippen LogP contribution in [0.15, 0.2) is 30.6 Å². The van der Waals surface area contributed by atoms with Gasteiger partial charge in [0.05, 0.1) is 0 Å². The fourth-order valence-electron chi connectivity index (χ4n) is 3.96. The zero-order valence-electron chi connectivity index (χ0n) is 13.1. The molecule has 4 nitrogen and oxygen atoms in total. The van der Waals surface area contributed by atoms with Crippen LogP contribution in [0, 0.1) is 18.8 Å². The van der Waals surface area contributed by atoms with Crippen molar-refractivity contribution in [2.45, 2.75) is 32.6 Å². The van der Waals surface area contributed by atoms with E-state index in [-0.39, 0.29) is 0 Å². The summed E-state index contributed by atoms with van der Waals surface area (Å²) < 4.78 is 0. The SMILES string of the molecule is Cc1cc(N2CC3CCCC(C3)C2)nc(-c2cccnc2)n1. The third kappa shape index (κ3) is 2.70. The van der Waals surface area contributed by atoms with Gasteiger partial charge in [-0.15, -0.1) is 0 Å². The molecule has 2 fully saturated rings. The second-order valence-electron chi connectivity index (χ2n) is 6.74. The van der Waals surface area contributed by atoms with E-state index in [1.165, 1.54) is 25.7 Å². The minimum Gasteiger partial charge on any atom is -0.356 e. The Bertz CT molecular complexity index is 643. The first-order chi connectivity index (χ1) is 10.8. The Morgan fingerprint density at radius 1 is 1.14 bits per heavy atom. The van der Waals surface area contributed by atoms with E-state index in [1.807, 2.05) is 18.3 Å². The number of aryl methyl sites for hydroxylation is 1. The van der Waals surface area contributed by atoms with Crippen LogP contribution < -0.4 is 4.90 Å². The van der Waals surface area contributed by atoms with E-state index in [2.05, 4.69) is 27.9 Å². The monoisotopic (exact) mass is 294 g/mol. The fraction of sp³-hybridized carbons (Fsp3) is 0.500. The van der Waals surface area contributed by atoms with Crippen LogP contribution >= 0.6 is 0 Å². The summed E-state index contributed by atoms with van der Waals surface area (Å²) >= 11 is 0. The van der Waals surface area contributed by atoms with Crippen LogP contribution in [0.5, 0.6) is 0 Å². The molecule has 2 bridgehead atoms. The molecular weight excluding hydrogens is 272 g/mol. The van der Waals surface area contributed by atoms with E-state index in [1.54, 1.807) is 6.20 Å². The number of pyridine rings is 1. The van der Waals surface area contributed by atoms with Crippen molar-refractivity contribution in [1.82, 2.24) is 15.0 Å². The van der Waals surface area contributed by atoms with Crippen molar-refractivity contribution < 1.29 is 0 Å². The predicted molar refractivity (Wildman–Crippen MR) is 87.7 cm³/mol. The van der Waals surface area contributed by atoms with Crippen LogP contribution in [0.25, 0.3) is 11.4 Å². The zero-order valence-corrected chi connectivity index (χ0v) is 13.1. The van der Waals surface area contributed by atoms with Crippen molar-refractivity contribution in [2.24, 2.45) is 11.8 Å². The summed E-state index contributed by atoms with van der Waals surface area (Å²) in [4.78, 5) is 16.1. The van der Waals surface area contributed by atoms with E-state index in [0.717, 1.165) is 47.8 Å². The normalized spacial score (nSPS) is 24.3. The number of aromatic nitrogens is 3. The van der Waals surface area contributed by atoms with Gasteiger partial charge in [-0.25, -0.2) is 9.97 Å². The predicted octanol–water partition coefficient (Wildman–Crippen LogP) is 3.47. The molecule has 2 aromatic heterocycles. The standard InChI is InChI=1S/C18H22N4/c1-13-8-17(21-18(20-13)16-6-3-7-19-10-16)22-11-14-4-2-5-15(9-14)12-22/h3,6-8,10,14-15H,2,4-5,9,11-12H2,1H3. The van der Waals surface area contributed by atoms with Gasteiger partial charge in [-0.1, -0.05) is 6.42 Å². The van der Waals surface area contributed by atoms with Crippen LogP contribution in [0.4, 0.5) is 5.82 Å². The first-order valence-corrected chi connectivity index (χ1v) is 8.29. The van der Waals surface area contributed by atoms with Gasteiger partial charge in [0.25, 0.3) is 0 Å². The van der Waals surface area contributed by atoms with Crippen LogP contribution in [0.3, 0.4) is 0 Å². The second kappa shape index (κ2) is 5.67. The molecule has 22 heavy (non-hydrogen) atoms. The first kappa shape index (κ1) is 13.7.